The lowest BCUT2D eigenvalue weighted by Crippen LogP contribution is -2.29. The standard InChI is InChI=1S/C19H21FIN3O3/c1-11(26)17-8-14(19(27)24-6-5-12(9-24)10-25)18(23(17)2)22-16-4-3-13(21)7-15(16)20/h3-4,7-8,12,22,25H,5-6,9-10H2,1-2H3. The monoisotopic (exact) mass is 485 g/mol. The molecule has 1 fully saturated rings. The quantitative estimate of drug-likeness (QED) is 0.504. The zero-order valence-electron chi connectivity index (χ0n) is 15.1. The minimum Gasteiger partial charge on any atom is -0.396 e. The van der Waals surface area contributed by atoms with Crippen LogP contribution in [0.3, 0.4) is 0 Å². The van der Waals surface area contributed by atoms with Gasteiger partial charge in [0.1, 0.15) is 11.6 Å². The van der Waals surface area contributed by atoms with Gasteiger partial charge in [0.25, 0.3) is 5.91 Å². The van der Waals surface area contributed by atoms with Crippen LogP contribution in [0.2, 0.25) is 0 Å². The van der Waals surface area contributed by atoms with Crippen LogP contribution in [-0.2, 0) is 7.05 Å². The van der Waals surface area contributed by atoms with Gasteiger partial charge in [-0.1, -0.05) is 0 Å². The number of carbonyl (C=O) groups is 2. The summed E-state index contributed by atoms with van der Waals surface area (Å²) in [5.41, 5.74) is 0.916. The van der Waals surface area contributed by atoms with E-state index in [-0.39, 0.29) is 29.9 Å². The number of hydrogen-bond donors (Lipinski definition) is 2. The number of likely N-dealkylation sites (tertiary alicyclic amines) is 1. The number of aliphatic hydroxyl groups excluding tert-OH is 1. The first-order valence-corrected chi connectivity index (χ1v) is 9.72. The molecule has 1 aromatic heterocycles. The van der Waals surface area contributed by atoms with Crippen molar-refractivity contribution in [3.05, 3.63) is 44.9 Å². The van der Waals surface area contributed by atoms with E-state index in [1.807, 2.05) is 22.6 Å². The Labute approximate surface area is 170 Å². The fourth-order valence-corrected chi connectivity index (χ4v) is 3.76. The molecule has 0 aliphatic carbocycles. The highest BCUT2D eigenvalue weighted by Gasteiger charge is 2.30. The molecule has 0 bridgehead atoms. The summed E-state index contributed by atoms with van der Waals surface area (Å²) in [6.45, 7) is 2.48. The van der Waals surface area contributed by atoms with Crippen LogP contribution in [0, 0.1) is 15.3 Å². The van der Waals surface area contributed by atoms with Crippen LogP contribution >= 0.6 is 22.6 Å². The molecule has 1 aromatic carbocycles. The Morgan fingerprint density at radius 2 is 2.11 bits per heavy atom. The predicted molar refractivity (Wildman–Crippen MR) is 109 cm³/mol. The Bertz CT molecular complexity index is 897. The Balaban J connectivity index is 1.99. The molecule has 144 valence electrons. The van der Waals surface area contributed by atoms with E-state index >= 15 is 0 Å². The maximum atomic E-state index is 14.3. The second kappa shape index (κ2) is 7.97. The Kier molecular flexibility index (Phi) is 5.85. The van der Waals surface area contributed by atoms with Gasteiger partial charge in [-0.15, -0.1) is 0 Å². The molecule has 27 heavy (non-hydrogen) atoms. The molecular formula is C19H21FIN3O3. The predicted octanol–water partition coefficient (Wildman–Crippen LogP) is 3.17. The average molecular weight is 485 g/mol. The maximum Gasteiger partial charge on any atom is 0.257 e. The van der Waals surface area contributed by atoms with E-state index in [9.17, 15) is 19.1 Å². The van der Waals surface area contributed by atoms with Gasteiger partial charge in [-0.05, 0) is 53.3 Å². The Morgan fingerprint density at radius 1 is 1.37 bits per heavy atom. The van der Waals surface area contributed by atoms with Crippen molar-refractivity contribution in [1.29, 1.82) is 0 Å². The Morgan fingerprint density at radius 3 is 2.70 bits per heavy atom. The van der Waals surface area contributed by atoms with Crippen LogP contribution in [0.1, 0.15) is 34.2 Å². The van der Waals surface area contributed by atoms with Gasteiger partial charge >= 0.3 is 0 Å². The zero-order chi connectivity index (χ0) is 19.7. The second-order valence-corrected chi connectivity index (χ2v) is 7.99. The number of nitrogens with zero attached hydrogens (tertiary/aromatic N) is 2. The number of benzene rings is 1. The second-order valence-electron chi connectivity index (χ2n) is 6.74. The van der Waals surface area contributed by atoms with E-state index < -0.39 is 5.82 Å². The normalized spacial score (nSPS) is 16.6. The number of anilines is 2. The van der Waals surface area contributed by atoms with Gasteiger partial charge in [0.05, 0.1) is 16.9 Å². The molecule has 1 aliphatic heterocycles. The number of aliphatic hydroxyl groups is 1. The smallest absolute Gasteiger partial charge is 0.257 e. The van der Waals surface area contributed by atoms with Gasteiger partial charge in [-0.2, -0.15) is 0 Å². The number of halogens is 2. The Hall–Kier alpha value is -1.94. The minimum absolute atomic E-state index is 0.0379. The van der Waals surface area contributed by atoms with E-state index in [4.69, 9.17) is 0 Å². The summed E-state index contributed by atoms with van der Waals surface area (Å²) in [4.78, 5) is 26.7. The number of aromatic nitrogens is 1. The van der Waals surface area contributed by atoms with Crippen LogP contribution < -0.4 is 5.32 Å². The van der Waals surface area contributed by atoms with Crippen LogP contribution in [0.25, 0.3) is 0 Å². The van der Waals surface area contributed by atoms with Gasteiger partial charge in [-0.25, -0.2) is 4.39 Å². The van der Waals surface area contributed by atoms with Crippen molar-refractivity contribution < 1.29 is 19.1 Å². The first kappa shape index (κ1) is 19.8. The molecule has 0 spiro atoms. The molecule has 1 atom stereocenters. The number of amides is 1. The van der Waals surface area contributed by atoms with Crippen molar-refractivity contribution in [3.63, 3.8) is 0 Å². The molecular weight excluding hydrogens is 464 g/mol. The van der Waals surface area contributed by atoms with Crippen molar-refractivity contribution >= 4 is 45.8 Å². The van der Waals surface area contributed by atoms with Crippen molar-refractivity contribution in [2.45, 2.75) is 13.3 Å². The summed E-state index contributed by atoms with van der Waals surface area (Å²) in [6.07, 6.45) is 0.739. The lowest BCUT2D eigenvalue weighted by Gasteiger charge is -2.18. The summed E-state index contributed by atoms with van der Waals surface area (Å²) in [6, 6.07) is 6.30. The van der Waals surface area contributed by atoms with Gasteiger partial charge in [0, 0.05) is 43.2 Å². The van der Waals surface area contributed by atoms with Gasteiger partial charge in [-0.3, -0.25) is 9.59 Å². The van der Waals surface area contributed by atoms with E-state index in [1.54, 1.807) is 34.7 Å². The summed E-state index contributed by atoms with van der Waals surface area (Å²) in [5, 5.41) is 12.3. The van der Waals surface area contributed by atoms with Crippen molar-refractivity contribution in [1.82, 2.24) is 9.47 Å². The molecule has 2 N–H and O–H groups in total. The number of nitrogens with one attached hydrogen (secondary N) is 1. The van der Waals surface area contributed by atoms with Crippen molar-refractivity contribution in [2.75, 3.05) is 25.0 Å². The third-order valence-electron chi connectivity index (χ3n) is 4.84. The molecule has 1 unspecified atom stereocenters. The van der Waals surface area contributed by atoms with E-state index in [2.05, 4.69) is 5.32 Å². The first-order chi connectivity index (χ1) is 12.8. The zero-order valence-corrected chi connectivity index (χ0v) is 17.3. The third kappa shape index (κ3) is 4.01. The van der Waals surface area contributed by atoms with Crippen LogP contribution in [0.4, 0.5) is 15.9 Å². The highest BCUT2D eigenvalue weighted by Crippen LogP contribution is 2.29. The first-order valence-electron chi connectivity index (χ1n) is 8.64. The van der Waals surface area contributed by atoms with Gasteiger partial charge in [0.2, 0.25) is 0 Å². The summed E-state index contributed by atoms with van der Waals surface area (Å²) >= 11 is 2.02. The lowest BCUT2D eigenvalue weighted by atomic mass is 10.1. The summed E-state index contributed by atoms with van der Waals surface area (Å²) in [5.74, 6) is -0.417. The highest BCUT2D eigenvalue weighted by molar-refractivity contribution is 14.1. The molecule has 0 saturated carbocycles. The maximum absolute atomic E-state index is 14.3. The fraction of sp³-hybridized carbons (Fsp3) is 0.368. The molecule has 3 rings (SSSR count). The number of Topliss-reactive ketones (excluding diaryl/α,β-unsaturated/α-hetero) is 1. The van der Waals surface area contributed by atoms with Crippen LogP contribution in [-0.4, -0.2) is 46.0 Å². The van der Waals surface area contributed by atoms with E-state index in [1.165, 1.54) is 13.0 Å². The van der Waals surface area contributed by atoms with Crippen molar-refractivity contribution in [3.8, 4) is 0 Å². The van der Waals surface area contributed by atoms with Crippen molar-refractivity contribution in [2.24, 2.45) is 13.0 Å². The number of hydrogen-bond acceptors (Lipinski definition) is 4. The molecule has 6 nitrogen and oxygen atoms in total. The lowest BCUT2D eigenvalue weighted by molar-refractivity contribution is 0.0783. The molecule has 1 amide bonds. The third-order valence-corrected chi connectivity index (χ3v) is 5.51. The molecule has 1 aliphatic rings. The SMILES string of the molecule is CC(=O)c1cc(C(=O)N2CCC(CO)C2)c(Nc2ccc(I)cc2F)n1C. The minimum atomic E-state index is -0.438. The molecule has 0 radical (unpaired) electrons. The summed E-state index contributed by atoms with van der Waals surface area (Å²) < 4.78 is 16.6. The van der Waals surface area contributed by atoms with Gasteiger partial charge in [0.15, 0.2) is 5.78 Å². The highest BCUT2D eigenvalue weighted by atomic mass is 127. The topological polar surface area (TPSA) is 74.6 Å². The molecule has 2 heterocycles. The molecule has 1 saturated heterocycles. The molecule has 8 heteroatoms. The van der Waals surface area contributed by atoms with Gasteiger partial charge < -0.3 is 19.9 Å². The summed E-state index contributed by atoms with van der Waals surface area (Å²) in [7, 11) is 1.67. The van der Waals surface area contributed by atoms with E-state index in [0.29, 0.717) is 30.2 Å². The average Bonchev–Trinajstić information content (AvgIpc) is 3.22. The van der Waals surface area contributed by atoms with Crippen LogP contribution in [0.5, 0.6) is 0 Å². The number of rotatable bonds is 5. The van der Waals surface area contributed by atoms with E-state index in [0.717, 1.165) is 9.99 Å². The largest absolute Gasteiger partial charge is 0.396 e. The fourth-order valence-electron chi connectivity index (χ4n) is 3.31. The number of ketones is 1. The molecule has 2 aromatic rings. The van der Waals surface area contributed by atoms with Crippen LogP contribution in [0.15, 0.2) is 24.3 Å². The number of carbonyl (C=O) groups excluding carboxylic acids is 2.